The van der Waals surface area contributed by atoms with Crippen LogP contribution < -0.4 is 10.6 Å². The maximum Gasteiger partial charge on any atom is 0.291 e. The first-order chi connectivity index (χ1) is 13.1. The lowest BCUT2D eigenvalue weighted by Gasteiger charge is -2.22. The summed E-state index contributed by atoms with van der Waals surface area (Å²) in [5.74, 6) is 0.653. The Balaban J connectivity index is 1.40. The summed E-state index contributed by atoms with van der Waals surface area (Å²) in [4.78, 5) is 24.6. The predicted molar refractivity (Wildman–Crippen MR) is 103 cm³/mol. The van der Waals surface area contributed by atoms with Crippen LogP contribution in [-0.2, 0) is 6.42 Å². The van der Waals surface area contributed by atoms with Gasteiger partial charge in [-0.1, -0.05) is 0 Å². The predicted octanol–water partition coefficient (Wildman–Crippen LogP) is 4.69. The third-order valence-electron chi connectivity index (χ3n) is 4.56. The second-order valence-corrected chi connectivity index (χ2v) is 7.13. The van der Waals surface area contributed by atoms with Crippen molar-refractivity contribution >= 4 is 33.4 Å². The molecule has 1 aromatic carbocycles. The molecule has 2 aromatic heterocycles. The fraction of sp³-hybridized carbons (Fsp3) is 0.200. The van der Waals surface area contributed by atoms with Crippen LogP contribution in [0.4, 0.5) is 5.69 Å². The lowest BCUT2D eigenvalue weighted by atomic mass is 9.93. The molecule has 1 unspecified atom stereocenters. The fourth-order valence-electron chi connectivity index (χ4n) is 3.21. The van der Waals surface area contributed by atoms with E-state index in [2.05, 4.69) is 26.6 Å². The number of rotatable bonds is 4. The number of furan rings is 2. The quantitative estimate of drug-likeness (QED) is 0.630. The Morgan fingerprint density at radius 2 is 1.85 bits per heavy atom. The van der Waals surface area contributed by atoms with E-state index in [0.717, 1.165) is 30.6 Å². The number of hydrogen-bond donors (Lipinski definition) is 2. The molecule has 138 valence electrons. The SMILES string of the molecule is O=C(NC1CCCc2occc21)c1ccc(NC(=O)c2ccc(Br)o2)cc1. The minimum Gasteiger partial charge on any atom is -0.469 e. The summed E-state index contributed by atoms with van der Waals surface area (Å²) < 4.78 is 11.2. The normalized spacial score (nSPS) is 15.8. The number of carbonyl (C=O) groups excluding carboxylic acids is 2. The van der Waals surface area contributed by atoms with Crippen molar-refractivity contribution in [2.45, 2.75) is 25.3 Å². The Labute approximate surface area is 164 Å². The zero-order valence-corrected chi connectivity index (χ0v) is 15.9. The van der Waals surface area contributed by atoms with Gasteiger partial charge in [0.2, 0.25) is 0 Å². The van der Waals surface area contributed by atoms with Crippen molar-refractivity contribution in [3.63, 3.8) is 0 Å². The van der Waals surface area contributed by atoms with Crippen LogP contribution in [0.2, 0.25) is 0 Å². The van der Waals surface area contributed by atoms with Crippen molar-refractivity contribution in [3.05, 3.63) is 76.0 Å². The average molecular weight is 429 g/mol. The topological polar surface area (TPSA) is 84.5 Å². The van der Waals surface area contributed by atoms with E-state index < -0.39 is 0 Å². The molecular formula is C20H17BrN2O4. The molecule has 27 heavy (non-hydrogen) atoms. The van der Waals surface area contributed by atoms with Gasteiger partial charge in [0.25, 0.3) is 11.8 Å². The zero-order chi connectivity index (χ0) is 18.8. The van der Waals surface area contributed by atoms with E-state index in [4.69, 9.17) is 8.83 Å². The van der Waals surface area contributed by atoms with Gasteiger partial charge < -0.3 is 19.5 Å². The van der Waals surface area contributed by atoms with Crippen molar-refractivity contribution in [2.24, 2.45) is 0 Å². The molecule has 0 aliphatic heterocycles. The Kier molecular flexibility index (Phi) is 4.85. The number of hydrogen-bond acceptors (Lipinski definition) is 4. The molecule has 1 atom stereocenters. The summed E-state index contributed by atoms with van der Waals surface area (Å²) in [5, 5.41) is 5.79. The van der Waals surface area contributed by atoms with Gasteiger partial charge in [0.15, 0.2) is 10.4 Å². The first-order valence-corrected chi connectivity index (χ1v) is 9.43. The maximum atomic E-state index is 12.6. The molecule has 0 saturated carbocycles. The van der Waals surface area contributed by atoms with Gasteiger partial charge in [0.1, 0.15) is 5.76 Å². The standard InChI is InChI=1S/C20H17BrN2O4/c21-18-9-8-17(27-18)20(25)22-13-6-4-12(5-7-13)19(24)23-15-2-1-3-16-14(15)10-11-26-16/h4-11,15H,1-3H2,(H,22,25)(H,23,24). The average Bonchev–Trinajstić information content (AvgIpc) is 3.31. The second kappa shape index (κ2) is 7.44. The smallest absolute Gasteiger partial charge is 0.291 e. The molecule has 0 radical (unpaired) electrons. The molecule has 0 saturated heterocycles. The first kappa shape index (κ1) is 17.6. The minimum absolute atomic E-state index is 0.0308. The molecule has 3 aromatic rings. The molecule has 0 fully saturated rings. The summed E-state index contributed by atoms with van der Waals surface area (Å²) >= 11 is 3.16. The molecule has 2 N–H and O–H groups in total. The lowest BCUT2D eigenvalue weighted by Crippen LogP contribution is -2.30. The highest BCUT2D eigenvalue weighted by atomic mass is 79.9. The molecule has 7 heteroatoms. The molecule has 6 nitrogen and oxygen atoms in total. The second-order valence-electron chi connectivity index (χ2n) is 6.35. The van der Waals surface area contributed by atoms with E-state index in [0.29, 0.717) is 15.9 Å². The van der Waals surface area contributed by atoms with Crippen molar-refractivity contribution < 1.29 is 18.4 Å². The van der Waals surface area contributed by atoms with Crippen molar-refractivity contribution in [2.75, 3.05) is 5.32 Å². The van der Waals surface area contributed by atoms with Crippen LogP contribution in [0.15, 0.2) is 62.2 Å². The maximum absolute atomic E-state index is 12.6. The number of halogens is 1. The number of aryl methyl sites for hydroxylation is 1. The summed E-state index contributed by atoms with van der Waals surface area (Å²) in [6, 6.07) is 11.9. The van der Waals surface area contributed by atoms with Crippen LogP contribution in [-0.4, -0.2) is 11.8 Å². The van der Waals surface area contributed by atoms with Gasteiger partial charge in [-0.15, -0.1) is 0 Å². The third kappa shape index (κ3) is 3.83. The van der Waals surface area contributed by atoms with Crippen LogP contribution in [0.3, 0.4) is 0 Å². The van der Waals surface area contributed by atoms with E-state index in [9.17, 15) is 9.59 Å². The molecule has 2 heterocycles. The van der Waals surface area contributed by atoms with Gasteiger partial charge in [0.05, 0.1) is 12.3 Å². The highest BCUT2D eigenvalue weighted by Crippen LogP contribution is 2.30. The summed E-state index contributed by atoms with van der Waals surface area (Å²) in [6.07, 6.45) is 4.46. The van der Waals surface area contributed by atoms with E-state index in [1.807, 2.05) is 6.07 Å². The summed E-state index contributed by atoms with van der Waals surface area (Å²) in [6.45, 7) is 0. The number of carbonyl (C=O) groups is 2. The van der Waals surface area contributed by atoms with Crippen LogP contribution in [0.5, 0.6) is 0 Å². The summed E-state index contributed by atoms with van der Waals surface area (Å²) in [7, 11) is 0. The Bertz CT molecular complexity index is 974. The van der Waals surface area contributed by atoms with Crippen LogP contribution in [0.25, 0.3) is 0 Å². The van der Waals surface area contributed by atoms with Gasteiger partial charge in [-0.3, -0.25) is 9.59 Å². The van der Waals surface area contributed by atoms with E-state index >= 15 is 0 Å². The van der Waals surface area contributed by atoms with Crippen LogP contribution in [0, 0.1) is 0 Å². The number of amides is 2. The van der Waals surface area contributed by atoms with Gasteiger partial charge in [-0.2, -0.15) is 0 Å². The lowest BCUT2D eigenvalue weighted by molar-refractivity contribution is 0.0931. The Morgan fingerprint density at radius 1 is 1.04 bits per heavy atom. The van der Waals surface area contributed by atoms with Crippen LogP contribution >= 0.6 is 15.9 Å². The van der Waals surface area contributed by atoms with Crippen molar-refractivity contribution in [1.29, 1.82) is 0 Å². The highest BCUT2D eigenvalue weighted by Gasteiger charge is 2.24. The number of fused-ring (bicyclic) bond motifs is 1. The Hall–Kier alpha value is -2.80. The Morgan fingerprint density at radius 3 is 2.59 bits per heavy atom. The number of nitrogens with one attached hydrogen (secondary N) is 2. The highest BCUT2D eigenvalue weighted by molar-refractivity contribution is 9.10. The summed E-state index contributed by atoms with van der Waals surface area (Å²) in [5.41, 5.74) is 2.17. The van der Waals surface area contributed by atoms with E-state index in [1.165, 1.54) is 0 Å². The van der Waals surface area contributed by atoms with Crippen molar-refractivity contribution in [1.82, 2.24) is 5.32 Å². The molecule has 0 spiro atoms. The van der Waals surface area contributed by atoms with E-state index in [1.54, 1.807) is 42.7 Å². The number of anilines is 1. The van der Waals surface area contributed by atoms with Gasteiger partial charge in [-0.05, 0) is 71.2 Å². The van der Waals surface area contributed by atoms with Crippen molar-refractivity contribution in [3.8, 4) is 0 Å². The zero-order valence-electron chi connectivity index (χ0n) is 14.3. The van der Waals surface area contributed by atoms with Gasteiger partial charge in [-0.25, -0.2) is 0 Å². The molecule has 1 aliphatic rings. The van der Waals surface area contributed by atoms with Crippen LogP contribution in [0.1, 0.15) is 51.1 Å². The van der Waals surface area contributed by atoms with Gasteiger partial charge >= 0.3 is 0 Å². The third-order valence-corrected chi connectivity index (χ3v) is 4.99. The van der Waals surface area contributed by atoms with Gasteiger partial charge in [0, 0.05) is 23.2 Å². The van der Waals surface area contributed by atoms with E-state index in [-0.39, 0.29) is 23.6 Å². The minimum atomic E-state index is -0.354. The number of benzene rings is 1. The molecule has 4 rings (SSSR count). The monoisotopic (exact) mass is 428 g/mol. The fourth-order valence-corrected chi connectivity index (χ4v) is 3.52. The molecule has 1 aliphatic carbocycles. The first-order valence-electron chi connectivity index (χ1n) is 8.64. The molecule has 0 bridgehead atoms. The largest absolute Gasteiger partial charge is 0.469 e. The molecule has 2 amide bonds. The molecular weight excluding hydrogens is 412 g/mol.